The number of halogens is 3. The van der Waals surface area contributed by atoms with Crippen LogP contribution in [0.15, 0.2) is 0 Å². The quantitative estimate of drug-likeness (QED) is 0.602. The van der Waals surface area contributed by atoms with E-state index in [-0.39, 0.29) is 30.9 Å². The Hall–Kier alpha value is 0.430. The van der Waals surface area contributed by atoms with E-state index in [9.17, 15) is 4.39 Å². The maximum atomic E-state index is 12.4. The molecule has 0 radical (unpaired) electrons. The van der Waals surface area contributed by atoms with Crippen LogP contribution in [0.1, 0.15) is 0 Å². The summed E-state index contributed by atoms with van der Waals surface area (Å²) in [5.41, 5.74) is 5.35. The van der Waals surface area contributed by atoms with E-state index in [1.807, 2.05) is 11.9 Å². The number of likely N-dealkylation sites (tertiary alicyclic amines) is 1. The summed E-state index contributed by atoms with van der Waals surface area (Å²) in [7, 11) is 1.87. The molecule has 64 valence electrons. The normalized spacial score (nSPS) is 32.7. The summed E-state index contributed by atoms with van der Waals surface area (Å²) < 4.78 is 12.4. The molecule has 1 aliphatic heterocycles. The summed E-state index contributed by atoms with van der Waals surface area (Å²) in [6.07, 6.45) is -0.806. The molecule has 1 rings (SSSR count). The van der Waals surface area contributed by atoms with E-state index >= 15 is 0 Å². The molecule has 1 aliphatic rings. The van der Waals surface area contributed by atoms with Crippen molar-refractivity contribution in [3.8, 4) is 0 Å². The monoisotopic (exact) mass is 190 g/mol. The van der Waals surface area contributed by atoms with Crippen LogP contribution >= 0.6 is 24.8 Å². The van der Waals surface area contributed by atoms with Gasteiger partial charge >= 0.3 is 0 Å². The zero-order valence-corrected chi connectivity index (χ0v) is 7.42. The second-order valence-corrected chi connectivity index (χ2v) is 2.40. The minimum Gasteiger partial charge on any atom is -0.324 e. The highest BCUT2D eigenvalue weighted by Gasteiger charge is 2.26. The molecular formula is C5H13Cl2FN2. The smallest absolute Gasteiger partial charge is 0.129 e. The molecular weight excluding hydrogens is 178 g/mol. The summed E-state index contributed by atoms with van der Waals surface area (Å²) in [6.45, 7) is 1.20. The number of nitrogens with two attached hydrogens (primary N) is 1. The SMILES string of the molecule is CN1C[C@@H](F)[C@@H](N)C1.Cl.Cl. The average Bonchev–Trinajstić information content (AvgIpc) is 1.85. The number of alkyl halides is 1. The minimum atomic E-state index is -0.806. The number of rotatable bonds is 0. The molecule has 2 atom stereocenters. The van der Waals surface area contributed by atoms with Gasteiger partial charge in [-0.3, -0.25) is 0 Å². The largest absolute Gasteiger partial charge is 0.324 e. The number of nitrogens with zero attached hydrogens (tertiary/aromatic N) is 1. The fourth-order valence-electron chi connectivity index (χ4n) is 0.982. The minimum absolute atomic E-state index is 0. The van der Waals surface area contributed by atoms with Crippen molar-refractivity contribution >= 4 is 24.8 Å². The van der Waals surface area contributed by atoms with Crippen molar-refractivity contribution in [1.29, 1.82) is 0 Å². The van der Waals surface area contributed by atoms with Crippen molar-refractivity contribution in [2.45, 2.75) is 12.2 Å². The molecule has 1 saturated heterocycles. The van der Waals surface area contributed by atoms with Gasteiger partial charge in [-0.2, -0.15) is 0 Å². The van der Waals surface area contributed by atoms with Gasteiger partial charge < -0.3 is 10.6 Å². The molecule has 0 aromatic heterocycles. The molecule has 1 heterocycles. The summed E-state index contributed by atoms with van der Waals surface area (Å²) in [5.74, 6) is 0. The third kappa shape index (κ3) is 3.01. The van der Waals surface area contributed by atoms with Crippen LogP contribution in [0.4, 0.5) is 4.39 Å². The molecule has 0 saturated carbocycles. The lowest BCUT2D eigenvalue weighted by Gasteiger charge is -2.02. The molecule has 0 aromatic rings. The van der Waals surface area contributed by atoms with Crippen LogP contribution < -0.4 is 5.73 Å². The van der Waals surface area contributed by atoms with Crippen molar-refractivity contribution in [3.05, 3.63) is 0 Å². The second kappa shape index (κ2) is 5.13. The van der Waals surface area contributed by atoms with Crippen LogP contribution in [-0.4, -0.2) is 37.3 Å². The number of hydrogen-bond acceptors (Lipinski definition) is 2. The highest BCUT2D eigenvalue weighted by Crippen LogP contribution is 2.07. The Morgan fingerprint density at radius 2 is 1.90 bits per heavy atom. The molecule has 0 aromatic carbocycles. The molecule has 0 aliphatic carbocycles. The Labute approximate surface area is 72.8 Å². The Morgan fingerprint density at radius 1 is 1.40 bits per heavy atom. The van der Waals surface area contributed by atoms with Crippen molar-refractivity contribution in [1.82, 2.24) is 4.90 Å². The van der Waals surface area contributed by atoms with Gasteiger partial charge in [-0.05, 0) is 7.05 Å². The van der Waals surface area contributed by atoms with E-state index in [0.29, 0.717) is 13.1 Å². The predicted molar refractivity (Wildman–Crippen MR) is 44.9 cm³/mol. The fraction of sp³-hybridized carbons (Fsp3) is 1.00. The van der Waals surface area contributed by atoms with Gasteiger partial charge in [0.05, 0.1) is 0 Å². The Bertz CT molecular complexity index is 83.7. The summed E-state index contributed by atoms with van der Waals surface area (Å²) in [6, 6.07) is -0.250. The first-order valence-electron chi connectivity index (χ1n) is 2.78. The first-order chi connectivity index (χ1) is 3.70. The van der Waals surface area contributed by atoms with Gasteiger partial charge in [0, 0.05) is 19.1 Å². The van der Waals surface area contributed by atoms with Crippen molar-refractivity contribution in [3.63, 3.8) is 0 Å². The van der Waals surface area contributed by atoms with E-state index in [1.165, 1.54) is 0 Å². The van der Waals surface area contributed by atoms with Gasteiger partial charge in [0.25, 0.3) is 0 Å². The second-order valence-electron chi connectivity index (χ2n) is 2.40. The van der Waals surface area contributed by atoms with Crippen LogP contribution in [0.3, 0.4) is 0 Å². The fourth-order valence-corrected chi connectivity index (χ4v) is 0.982. The Morgan fingerprint density at radius 3 is 2.00 bits per heavy atom. The van der Waals surface area contributed by atoms with E-state index in [0.717, 1.165) is 0 Å². The van der Waals surface area contributed by atoms with Crippen LogP contribution in [-0.2, 0) is 0 Å². The lowest BCUT2D eigenvalue weighted by atomic mass is 10.3. The Balaban J connectivity index is 0. The molecule has 5 heteroatoms. The van der Waals surface area contributed by atoms with Crippen LogP contribution in [0, 0.1) is 0 Å². The molecule has 1 fully saturated rings. The highest BCUT2D eigenvalue weighted by molar-refractivity contribution is 5.85. The Kier molecular flexibility index (Phi) is 6.69. The van der Waals surface area contributed by atoms with Crippen molar-refractivity contribution in [2.75, 3.05) is 20.1 Å². The standard InChI is InChI=1S/C5H11FN2.2ClH/c1-8-2-4(6)5(7)3-8;;/h4-5H,2-3,7H2,1H3;2*1H/t4-,5+;;/m1../s1. The van der Waals surface area contributed by atoms with Gasteiger partial charge in [-0.25, -0.2) is 4.39 Å². The van der Waals surface area contributed by atoms with E-state index < -0.39 is 6.17 Å². The van der Waals surface area contributed by atoms with Crippen molar-refractivity contribution < 1.29 is 4.39 Å². The summed E-state index contributed by atoms with van der Waals surface area (Å²) >= 11 is 0. The first-order valence-corrected chi connectivity index (χ1v) is 2.78. The third-order valence-electron chi connectivity index (χ3n) is 1.47. The zero-order chi connectivity index (χ0) is 6.15. The van der Waals surface area contributed by atoms with Crippen LogP contribution in [0.25, 0.3) is 0 Å². The molecule has 0 unspecified atom stereocenters. The van der Waals surface area contributed by atoms with Gasteiger partial charge in [-0.1, -0.05) is 0 Å². The molecule has 2 nitrogen and oxygen atoms in total. The summed E-state index contributed by atoms with van der Waals surface area (Å²) in [5, 5.41) is 0. The van der Waals surface area contributed by atoms with E-state index in [4.69, 9.17) is 5.73 Å². The predicted octanol–water partition coefficient (Wildman–Crippen LogP) is 0.441. The van der Waals surface area contributed by atoms with Crippen LogP contribution in [0.2, 0.25) is 0 Å². The zero-order valence-electron chi connectivity index (χ0n) is 5.79. The molecule has 0 spiro atoms. The lowest BCUT2D eigenvalue weighted by Crippen LogP contribution is -2.29. The summed E-state index contributed by atoms with van der Waals surface area (Å²) in [4.78, 5) is 1.90. The molecule has 2 N–H and O–H groups in total. The average molecular weight is 191 g/mol. The third-order valence-corrected chi connectivity index (χ3v) is 1.47. The number of hydrogen-bond donors (Lipinski definition) is 1. The maximum absolute atomic E-state index is 12.4. The van der Waals surface area contributed by atoms with Gasteiger partial charge in [0.1, 0.15) is 6.17 Å². The molecule has 0 bridgehead atoms. The topological polar surface area (TPSA) is 29.3 Å². The van der Waals surface area contributed by atoms with Crippen molar-refractivity contribution in [2.24, 2.45) is 5.73 Å². The number of likely N-dealkylation sites (N-methyl/N-ethyl adjacent to an activating group) is 1. The van der Waals surface area contributed by atoms with E-state index in [2.05, 4.69) is 0 Å². The maximum Gasteiger partial charge on any atom is 0.129 e. The van der Waals surface area contributed by atoms with Gasteiger partial charge in [0.15, 0.2) is 0 Å². The molecule has 10 heavy (non-hydrogen) atoms. The first kappa shape index (κ1) is 13.1. The van der Waals surface area contributed by atoms with Crippen LogP contribution in [0.5, 0.6) is 0 Å². The van der Waals surface area contributed by atoms with E-state index in [1.54, 1.807) is 0 Å². The lowest BCUT2D eigenvalue weighted by molar-refractivity contribution is 0.309. The van der Waals surface area contributed by atoms with Gasteiger partial charge in [-0.15, -0.1) is 24.8 Å². The highest BCUT2D eigenvalue weighted by atomic mass is 35.5. The van der Waals surface area contributed by atoms with Gasteiger partial charge in [0.2, 0.25) is 0 Å². The molecule has 0 amide bonds.